The SMILES string of the molecule is CCCCN1CCC(NC(=O)Cc2cc(OC)c(OC)c(OC)c2)CC1. The number of carbonyl (C=O) groups is 1. The van der Waals surface area contributed by atoms with E-state index in [0.717, 1.165) is 31.5 Å². The van der Waals surface area contributed by atoms with E-state index in [9.17, 15) is 4.79 Å². The minimum absolute atomic E-state index is 0.0336. The lowest BCUT2D eigenvalue weighted by molar-refractivity contribution is -0.121. The maximum Gasteiger partial charge on any atom is 0.224 e. The molecule has 0 aromatic heterocycles. The monoisotopic (exact) mass is 364 g/mol. The van der Waals surface area contributed by atoms with Crippen molar-refractivity contribution < 1.29 is 19.0 Å². The average molecular weight is 364 g/mol. The fraction of sp³-hybridized carbons (Fsp3) is 0.650. The predicted octanol–water partition coefficient (Wildman–Crippen LogP) is 2.64. The maximum absolute atomic E-state index is 12.5. The zero-order valence-corrected chi connectivity index (χ0v) is 16.5. The first-order chi connectivity index (χ1) is 12.6. The molecule has 1 aliphatic rings. The molecule has 146 valence electrons. The van der Waals surface area contributed by atoms with Gasteiger partial charge in [0.2, 0.25) is 11.7 Å². The number of ether oxygens (including phenoxy) is 3. The largest absolute Gasteiger partial charge is 0.493 e. The fourth-order valence-electron chi connectivity index (χ4n) is 3.38. The maximum atomic E-state index is 12.5. The van der Waals surface area contributed by atoms with Gasteiger partial charge in [0, 0.05) is 19.1 Å². The van der Waals surface area contributed by atoms with Crippen molar-refractivity contribution >= 4 is 5.91 Å². The molecule has 0 atom stereocenters. The fourth-order valence-corrected chi connectivity index (χ4v) is 3.38. The Kier molecular flexibility index (Phi) is 8.04. The summed E-state index contributed by atoms with van der Waals surface area (Å²) in [5.41, 5.74) is 0.845. The summed E-state index contributed by atoms with van der Waals surface area (Å²) in [4.78, 5) is 14.9. The number of methoxy groups -OCH3 is 3. The van der Waals surface area contributed by atoms with Crippen LogP contribution < -0.4 is 19.5 Å². The number of carbonyl (C=O) groups excluding carboxylic acids is 1. The first-order valence-corrected chi connectivity index (χ1v) is 9.41. The highest BCUT2D eigenvalue weighted by molar-refractivity contribution is 5.79. The van der Waals surface area contributed by atoms with E-state index in [1.807, 2.05) is 12.1 Å². The van der Waals surface area contributed by atoms with Crippen molar-refractivity contribution in [1.29, 1.82) is 0 Å². The van der Waals surface area contributed by atoms with Crippen LogP contribution in [0.15, 0.2) is 12.1 Å². The summed E-state index contributed by atoms with van der Waals surface area (Å²) in [6.07, 6.45) is 4.81. The highest BCUT2D eigenvalue weighted by atomic mass is 16.5. The Bertz CT molecular complexity index is 558. The summed E-state index contributed by atoms with van der Waals surface area (Å²) < 4.78 is 16.0. The molecule has 1 aromatic carbocycles. The summed E-state index contributed by atoms with van der Waals surface area (Å²) in [5, 5.41) is 3.17. The molecule has 0 saturated carbocycles. The van der Waals surface area contributed by atoms with E-state index in [1.54, 1.807) is 21.3 Å². The van der Waals surface area contributed by atoms with Crippen LogP contribution in [0.2, 0.25) is 0 Å². The third-order valence-corrected chi connectivity index (χ3v) is 4.87. The van der Waals surface area contributed by atoms with Gasteiger partial charge in [-0.2, -0.15) is 0 Å². The summed E-state index contributed by atoms with van der Waals surface area (Å²) in [6.45, 7) is 5.52. The van der Waals surface area contributed by atoms with Gasteiger partial charge in [0.05, 0.1) is 27.8 Å². The van der Waals surface area contributed by atoms with Gasteiger partial charge in [-0.3, -0.25) is 4.79 Å². The molecule has 0 radical (unpaired) electrons. The number of benzene rings is 1. The molecule has 0 unspecified atom stereocenters. The van der Waals surface area contributed by atoms with Crippen LogP contribution in [0, 0.1) is 0 Å². The van der Waals surface area contributed by atoms with Gasteiger partial charge in [0.1, 0.15) is 0 Å². The molecule has 6 heteroatoms. The number of hydrogen-bond donors (Lipinski definition) is 1. The van der Waals surface area contributed by atoms with Gasteiger partial charge in [-0.25, -0.2) is 0 Å². The van der Waals surface area contributed by atoms with E-state index in [-0.39, 0.29) is 11.9 Å². The number of piperidine rings is 1. The van der Waals surface area contributed by atoms with Crippen LogP contribution in [0.25, 0.3) is 0 Å². The van der Waals surface area contributed by atoms with E-state index < -0.39 is 0 Å². The van der Waals surface area contributed by atoms with Gasteiger partial charge in [0.15, 0.2) is 11.5 Å². The second-order valence-electron chi connectivity index (χ2n) is 6.75. The van der Waals surface area contributed by atoms with E-state index in [4.69, 9.17) is 14.2 Å². The van der Waals surface area contributed by atoms with Gasteiger partial charge in [-0.05, 0) is 43.5 Å². The lowest BCUT2D eigenvalue weighted by Crippen LogP contribution is -2.45. The first-order valence-electron chi connectivity index (χ1n) is 9.41. The highest BCUT2D eigenvalue weighted by Crippen LogP contribution is 2.38. The number of likely N-dealkylation sites (tertiary alicyclic amines) is 1. The Labute approximate surface area is 156 Å². The molecule has 0 spiro atoms. The topological polar surface area (TPSA) is 60.0 Å². The van der Waals surface area contributed by atoms with E-state index >= 15 is 0 Å². The van der Waals surface area contributed by atoms with Crippen molar-refractivity contribution in [2.45, 2.75) is 45.1 Å². The van der Waals surface area contributed by atoms with E-state index in [2.05, 4.69) is 17.1 Å². The van der Waals surface area contributed by atoms with Crippen molar-refractivity contribution in [3.63, 3.8) is 0 Å². The van der Waals surface area contributed by atoms with Crippen LogP contribution in [-0.4, -0.2) is 57.8 Å². The zero-order chi connectivity index (χ0) is 18.9. The van der Waals surface area contributed by atoms with Crippen LogP contribution >= 0.6 is 0 Å². The summed E-state index contributed by atoms with van der Waals surface area (Å²) in [7, 11) is 4.72. The van der Waals surface area contributed by atoms with Crippen LogP contribution in [0.4, 0.5) is 0 Å². The number of nitrogens with one attached hydrogen (secondary N) is 1. The van der Waals surface area contributed by atoms with Gasteiger partial charge < -0.3 is 24.4 Å². The van der Waals surface area contributed by atoms with Crippen LogP contribution in [0.5, 0.6) is 17.2 Å². The van der Waals surface area contributed by atoms with Crippen molar-refractivity contribution in [1.82, 2.24) is 10.2 Å². The van der Waals surface area contributed by atoms with Crippen molar-refractivity contribution in [3.05, 3.63) is 17.7 Å². The number of rotatable bonds is 9. The van der Waals surface area contributed by atoms with Crippen molar-refractivity contribution in [2.24, 2.45) is 0 Å². The van der Waals surface area contributed by atoms with Crippen LogP contribution in [0.3, 0.4) is 0 Å². The minimum atomic E-state index is 0.0336. The quantitative estimate of drug-likeness (QED) is 0.730. The van der Waals surface area contributed by atoms with Crippen LogP contribution in [0.1, 0.15) is 38.2 Å². The van der Waals surface area contributed by atoms with Crippen molar-refractivity contribution in [2.75, 3.05) is 41.0 Å². The molecule has 1 aromatic rings. The van der Waals surface area contributed by atoms with Crippen LogP contribution in [-0.2, 0) is 11.2 Å². The van der Waals surface area contributed by atoms with Gasteiger partial charge in [0.25, 0.3) is 0 Å². The molecule has 1 saturated heterocycles. The number of hydrogen-bond acceptors (Lipinski definition) is 5. The smallest absolute Gasteiger partial charge is 0.224 e. The second kappa shape index (κ2) is 10.3. The second-order valence-corrected chi connectivity index (χ2v) is 6.75. The Morgan fingerprint density at radius 3 is 2.23 bits per heavy atom. The predicted molar refractivity (Wildman–Crippen MR) is 102 cm³/mol. The van der Waals surface area contributed by atoms with E-state index in [1.165, 1.54) is 19.4 Å². The number of amides is 1. The van der Waals surface area contributed by atoms with Gasteiger partial charge in [-0.15, -0.1) is 0 Å². The molecule has 0 aliphatic carbocycles. The number of nitrogens with zero attached hydrogens (tertiary/aromatic N) is 1. The standard InChI is InChI=1S/C20H32N2O4/c1-5-6-9-22-10-7-16(8-11-22)21-19(23)14-15-12-17(24-2)20(26-4)18(13-15)25-3/h12-13,16H,5-11,14H2,1-4H3,(H,21,23). The Morgan fingerprint density at radius 1 is 1.12 bits per heavy atom. The van der Waals surface area contributed by atoms with Gasteiger partial charge >= 0.3 is 0 Å². The average Bonchev–Trinajstić information content (AvgIpc) is 2.66. The van der Waals surface area contributed by atoms with E-state index in [0.29, 0.717) is 23.7 Å². The summed E-state index contributed by atoms with van der Waals surface area (Å²) in [5.74, 6) is 1.71. The Morgan fingerprint density at radius 2 is 1.73 bits per heavy atom. The first kappa shape index (κ1) is 20.4. The molecule has 6 nitrogen and oxygen atoms in total. The normalized spacial score (nSPS) is 15.5. The molecule has 2 rings (SSSR count). The molecule has 0 bridgehead atoms. The molecular weight excluding hydrogens is 332 g/mol. The minimum Gasteiger partial charge on any atom is -0.493 e. The summed E-state index contributed by atoms with van der Waals surface area (Å²) >= 11 is 0. The molecule has 1 amide bonds. The Balaban J connectivity index is 1.90. The van der Waals surface area contributed by atoms with Crippen molar-refractivity contribution in [3.8, 4) is 17.2 Å². The summed E-state index contributed by atoms with van der Waals surface area (Å²) in [6, 6.07) is 3.92. The Hall–Kier alpha value is -1.95. The lowest BCUT2D eigenvalue weighted by atomic mass is 10.0. The highest BCUT2D eigenvalue weighted by Gasteiger charge is 2.21. The lowest BCUT2D eigenvalue weighted by Gasteiger charge is -2.32. The molecule has 1 fully saturated rings. The zero-order valence-electron chi connectivity index (χ0n) is 16.5. The molecule has 1 N–H and O–H groups in total. The number of unbranched alkanes of at least 4 members (excludes halogenated alkanes) is 1. The molecular formula is C20H32N2O4. The molecule has 26 heavy (non-hydrogen) atoms. The molecule has 1 heterocycles. The molecule has 1 aliphatic heterocycles. The third kappa shape index (κ3) is 5.53. The third-order valence-electron chi connectivity index (χ3n) is 4.87. The van der Waals surface area contributed by atoms with Gasteiger partial charge in [-0.1, -0.05) is 13.3 Å².